The summed E-state index contributed by atoms with van der Waals surface area (Å²) in [5.41, 5.74) is 1.72. The number of carbonyl (C=O) groups is 2. The molecule has 5 rings (SSSR count). The molecule has 0 spiro atoms. The Hall–Kier alpha value is -3.29. The van der Waals surface area contributed by atoms with E-state index < -0.39 is 0 Å². The lowest BCUT2D eigenvalue weighted by Crippen LogP contribution is -2.49. The number of hydrogen-bond donors (Lipinski definition) is 2. The fourth-order valence-electron chi connectivity index (χ4n) is 5.71. The number of ether oxygens (including phenoxy) is 1. The number of carbonyl (C=O) groups excluding carboxylic acids is 2. The van der Waals surface area contributed by atoms with Gasteiger partial charge in [0.25, 0.3) is 11.5 Å². The van der Waals surface area contributed by atoms with E-state index in [1.54, 1.807) is 42.0 Å². The van der Waals surface area contributed by atoms with Crippen LogP contribution in [0.4, 0.5) is 10.5 Å². The van der Waals surface area contributed by atoms with Gasteiger partial charge in [0.05, 0.1) is 7.11 Å². The number of amides is 3. The zero-order chi connectivity index (χ0) is 23.7. The second kappa shape index (κ2) is 9.52. The van der Waals surface area contributed by atoms with Crippen LogP contribution >= 0.6 is 0 Å². The van der Waals surface area contributed by atoms with Gasteiger partial charge in [0, 0.05) is 42.9 Å². The Labute approximate surface area is 199 Å². The van der Waals surface area contributed by atoms with Crippen molar-refractivity contribution in [1.29, 1.82) is 0 Å². The van der Waals surface area contributed by atoms with Crippen molar-refractivity contribution in [2.24, 2.45) is 5.92 Å². The molecule has 3 heterocycles. The van der Waals surface area contributed by atoms with Gasteiger partial charge in [-0.25, -0.2) is 4.79 Å². The largest absolute Gasteiger partial charge is 0.497 e. The Morgan fingerprint density at radius 3 is 2.47 bits per heavy atom. The van der Waals surface area contributed by atoms with Gasteiger partial charge in [-0.2, -0.15) is 0 Å². The summed E-state index contributed by atoms with van der Waals surface area (Å²) in [6.07, 6.45) is 6.43. The number of urea groups is 1. The lowest BCUT2D eigenvalue weighted by Gasteiger charge is -2.43. The van der Waals surface area contributed by atoms with Gasteiger partial charge in [0.15, 0.2) is 0 Å². The maximum absolute atomic E-state index is 13.2. The third-order valence-corrected chi connectivity index (χ3v) is 7.42. The van der Waals surface area contributed by atoms with Crippen LogP contribution < -0.4 is 20.9 Å². The molecule has 2 atom stereocenters. The molecule has 1 aliphatic carbocycles. The van der Waals surface area contributed by atoms with Crippen LogP contribution in [-0.2, 0) is 6.54 Å². The van der Waals surface area contributed by atoms with Crippen LogP contribution in [0.15, 0.2) is 41.2 Å². The van der Waals surface area contributed by atoms with Gasteiger partial charge in [-0.05, 0) is 61.6 Å². The summed E-state index contributed by atoms with van der Waals surface area (Å²) in [5, 5.41) is 5.78. The summed E-state index contributed by atoms with van der Waals surface area (Å²) in [6, 6.07) is 10.7. The molecule has 2 aliphatic heterocycles. The zero-order valence-corrected chi connectivity index (χ0v) is 19.6. The van der Waals surface area contributed by atoms with Gasteiger partial charge in [0.2, 0.25) is 0 Å². The number of piperidine rings is 1. The van der Waals surface area contributed by atoms with Crippen LogP contribution in [-0.4, -0.2) is 47.6 Å². The van der Waals surface area contributed by atoms with Gasteiger partial charge in [-0.3, -0.25) is 9.59 Å². The Bertz CT molecular complexity index is 1120. The SMILES string of the molecule is COc1ccc(C(=O)N2CC3CC(C2)c2ccc(NC(=O)NC4CCCCC4)c(=O)n2C3)cc1. The van der Waals surface area contributed by atoms with Crippen LogP contribution in [0.3, 0.4) is 0 Å². The minimum absolute atomic E-state index is 0.00539. The fourth-order valence-corrected chi connectivity index (χ4v) is 5.71. The molecule has 3 aliphatic rings. The van der Waals surface area contributed by atoms with Crippen molar-refractivity contribution < 1.29 is 14.3 Å². The number of fused-ring (bicyclic) bond motifs is 4. The molecule has 1 saturated carbocycles. The zero-order valence-electron chi connectivity index (χ0n) is 19.6. The molecule has 0 radical (unpaired) electrons. The average Bonchev–Trinajstić information content (AvgIpc) is 2.86. The average molecular weight is 465 g/mol. The van der Waals surface area contributed by atoms with Gasteiger partial charge in [-0.1, -0.05) is 19.3 Å². The van der Waals surface area contributed by atoms with Crippen molar-refractivity contribution in [1.82, 2.24) is 14.8 Å². The highest BCUT2D eigenvalue weighted by molar-refractivity contribution is 5.94. The maximum Gasteiger partial charge on any atom is 0.319 e. The van der Waals surface area contributed by atoms with Crippen molar-refractivity contribution >= 4 is 17.6 Å². The molecule has 2 fully saturated rings. The minimum Gasteiger partial charge on any atom is -0.497 e. The molecule has 1 saturated heterocycles. The second-order valence-corrected chi connectivity index (χ2v) is 9.76. The highest BCUT2D eigenvalue weighted by Gasteiger charge is 2.37. The Morgan fingerprint density at radius 1 is 0.971 bits per heavy atom. The molecule has 2 aromatic rings. The van der Waals surface area contributed by atoms with Crippen LogP contribution in [0.1, 0.15) is 60.5 Å². The standard InChI is InChI=1S/C26H32N4O4/c1-34-21-9-7-18(8-10-21)24(31)29-14-17-13-19(16-29)23-12-11-22(25(32)30(23)15-17)28-26(33)27-20-5-3-2-4-6-20/h7-12,17,19-20H,2-6,13-16H2,1H3,(H2,27,28,33). The number of aromatic nitrogens is 1. The molecule has 1 aromatic heterocycles. The number of nitrogens with one attached hydrogen (secondary N) is 2. The van der Waals surface area contributed by atoms with Crippen LogP contribution in [0.5, 0.6) is 5.75 Å². The van der Waals surface area contributed by atoms with E-state index in [1.807, 2.05) is 11.0 Å². The third-order valence-electron chi connectivity index (χ3n) is 7.42. The summed E-state index contributed by atoms with van der Waals surface area (Å²) < 4.78 is 6.99. The maximum atomic E-state index is 13.2. The summed E-state index contributed by atoms with van der Waals surface area (Å²) in [5.74, 6) is 1.04. The first-order chi connectivity index (χ1) is 16.5. The van der Waals surface area contributed by atoms with E-state index >= 15 is 0 Å². The van der Waals surface area contributed by atoms with E-state index in [4.69, 9.17) is 4.74 Å². The van der Waals surface area contributed by atoms with Crippen molar-refractivity contribution in [3.63, 3.8) is 0 Å². The number of methoxy groups -OCH3 is 1. The first-order valence-corrected chi connectivity index (χ1v) is 12.3. The highest BCUT2D eigenvalue weighted by atomic mass is 16.5. The van der Waals surface area contributed by atoms with Gasteiger partial charge >= 0.3 is 6.03 Å². The van der Waals surface area contributed by atoms with Gasteiger partial charge in [-0.15, -0.1) is 0 Å². The van der Waals surface area contributed by atoms with E-state index in [-0.39, 0.29) is 35.4 Å². The molecule has 180 valence electrons. The van der Waals surface area contributed by atoms with Gasteiger partial charge in [0.1, 0.15) is 11.4 Å². The lowest BCUT2D eigenvalue weighted by atomic mass is 9.83. The molecule has 34 heavy (non-hydrogen) atoms. The second-order valence-electron chi connectivity index (χ2n) is 9.76. The smallest absolute Gasteiger partial charge is 0.319 e. The number of hydrogen-bond acceptors (Lipinski definition) is 4. The molecule has 2 unspecified atom stereocenters. The number of nitrogens with zero attached hydrogens (tertiary/aromatic N) is 2. The Balaban J connectivity index is 1.29. The van der Waals surface area contributed by atoms with Crippen LogP contribution in [0, 0.1) is 5.92 Å². The quantitative estimate of drug-likeness (QED) is 0.724. The van der Waals surface area contributed by atoms with E-state index in [2.05, 4.69) is 10.6 Å². The number of likely N-dealkylation sites (tertiary alicyclic amines) is 1. The third kappa shape index (κ3) is 4.54. The van der Waals surface area contributed by atoms with Crippen LogP contribution in [0.2, 0.25) is 0 Å². The predicted molar refractivity (Wildman–Crippen MR) is 129 cm³/mol. The number of benzene rings is 1. The Morgan fingerprint density at radius 2 is 1.74 bits per heavy atom. The molecule has 3 amide bonds. The number of anilines is 1. The number of rotatable bonds is 4. The van der Waals surface area contributed by atoms with E-state index in [0.29, 0.717) is 30.9 Å². The van der Waals surface area contributed by atoms with Crippen LogP contribution in [0.25, 0.3) is 0 Å². The van der Waals surface area contributed by atoms with Crippen molar-refractivity contribution in [3.05, 3.63) is 58.0 Å². The molecule has 1 aromatic carbocycles. The molecule has 8 nitrogen and oxygen atoms in total. The molecule has 8 heteroatoms. The molecule has 2 N–H and O–H groups in total. The molecular formula is C26H32N4O4. The predicted octanol–water partition coefficient (Wildman–Crippen LogP) is 3.57. The van der Waals surface area contributed by atoms with Crippen molar-refractivity contribution in [2.75, 3.05) is 25.5 Å². The van der Waals surface area contributed by atoms with E-state index in [1.165, 1.54) is 6.42 Å². The summed E-state index contributed by atoms with van der Waals surface area (Å²) in [4.78, 5) is 40.7. The fraction of sp³-hybridized carbons (Fsp3) is 0.500. The summed E-state index contributed by atoms with van der Waals surface area (Å²) >= 11 is 0. The minimum atomic E-state index is -0.309. The first kappa shape index (κ1) is 22.5. The Kier molecular flexibility index (Phi) is 6.30. The number of pyridine rings is 1. The topological polar surface area (TPSA) is 92.7 Å². The van der Waals surface area contributed by atoms with Crippen molar-refractivity contribution in [2.45, 2.75) is 57.0 Å². The lowest BCUT2D eigenvalue weighted by molar-refractivity contribution is 0.0594. The summed E-state index contributed by atoms with van der Waals surface area (Å²) in [6.45, 7) is 1.75. The van der Waals surface area contributed by atoms with Crippen molar-refractivity contribution in [3.8, 4) is 5.75 Å². The van der Waals surface area contributed by atoms with E-state index in [0.717, 1.165) is 43.5 Å². The monoisotopic (exact) mass is 464 g/mol. The molecular weight excluding hydrogens is 432 g/mol. The molecule has 2 bridgehead atoms. The first-order valence-electron chi connectivity index (χ1n) is 12.3. The van der Waals surface area contributed by atoms with E-state index in [9.17, 15) is 14.4 Å². The normalized spacial score (nSPS) is 22.0. The summed E-state index contributed by atoms with van der Waals surface area (Å²) in [7, 11) is 1.60. The highest BCUT2D eigenvalue weighted by Crippen LogP contribution is 2.36. The van der Waals surface area contributed by atoms with Gasteiger partial charge < -0.3 is 24.8 Å².